The molecule has 0 saturated carbocycles. The summed E-state index contributed by atoms with van der Waals surface area (Å²) in [6, 6.07) is 5.91. The molecule has 1 nitrogen and oxygen atoms in total. The maximum absolute atomic E-state index is 14.2. The van der Waals surface area contributed by atoms with E-state index in [0.29, 0.717) is 5.56 Å². The Morgan fingerprint density at radius 3 is 2.94 bits per heavy atom. The van der Waals surface area contributed by atoms with E-state index in [1.165, 1.54) is 12.1 Å². The van der Waals surface area contributed by atoms with Crippen molar-refractivity contribution in [3.05, 3.63) is 35.6 Å². The van der Waals surface area contributed by atoms with Crippen LogP contribution in [0.3, 0.4) is 0 Å². The molecule has 0 radical (unpaired) electrons. The summed E-state index contributed by atoms with van der Waals surface area (Å²) >= 11 is 0. The number of nitrogens with one attached hydrogen (secondary N) is 1. The molecule has 88 valence electrons. The van der Waals surface area contributed by atoms with Gasteiger partial charge in [0.15, 0.2) is 0 Å². The van der Waals surface area contributed by atoms with E-state index in [9.17, 15) is 8.78 Å². The maximum Gasteiger partial charge on any atom is 0.128 e. The largest absolute Gasteiger partial charge is 0.317 e. The number of alkyl halides is 1. The predicted molar refractivity (Wildman–Crippen MR) is 60.5 cm³/mol. The van der Waals surface area contributed by atoms with E-state index in [-0.39, 0.29) is 11.7 Å². The van der Waals surface area contributed by atoms with Crippen molar-refractivity contribution in [1.29, 1.82) is 0 Å². The van der Waals surface area contributed by atoms with Crippen molar-refractivity contribution in [2.45, 2.75) is 25.4 Å². The fourth-order valence-electron chi connectivity index (χ4n) is 2.29. The lowest BCUT2D eigenvalue weighted by atomic mass is 9.91. The highest BCUT2D eigenvalue weighted by atomic mass is 19.1. The van der Waals surface area contributed by atoms with Gasteiger partial charge in [-0.15, -0.1) is 0 Å². The Bertz CT molecular complexity index is 332. The van der Waals surface area contributed by atoms with Gasteiger partial charge >= 0.3 is 0 Å². The molecule has 3 heteroatoms. The van der Waals surface area contributed by atoms with Crippen LogP contribution in [0.25, 0.3) is 0 Å². The molecule has 1 aliphatic rings. The number of halogens is 2. The van der Waals surface area contributed by atoms with Crippen molar-refractivity contribution in [2.75, 3.05) is 13.1 Å². The lowest BCUT2D eigenvalue weighted by Crippen LogP contribution is -2.15. The van der Waals surface area contributed by atoms with Crippen molar-refractivity contribution in [1.82, 2.24) is 5.32 Å². The quantitative estimate of drug-likeness (QED) is 0.814. The molecule has 0 aliphatic carbocycles. The highest BCUT2D eigenvalue weighted by Crippen LogP contribution is 2.32. The first-order chi connectivity index (χ1) is 7.77. The summed E-state index contributed by atoms with van der Waals surface area (Å²) < 4.78 is 27.2. The summed E-state index contributed by atoms with van der Waals surface area (Å²) in [5, 5.41) is 3.25. The van der Waals surface area contributed by atoms with Gasteiger partial charge < -0.3 is 5.32 Å². The minimum atomic E-state index is -1.03. The second kappa shape index (κ2) is 5.39. The van der Waals surface area contributed by atoms with Gasteiger partial charge in [0.25, 0.3) is 0 Å². The van der Waals surface area contributed by atoms with E-state index in [0.717, 1.165) is 32.4 Å². The van der Waals surface area contributed by atoms with Gasteiger partial charge in [0.2, 0.25) is 0 Å². The second-order valence-corrected chi connectivity index (χ2v) is 4.40. The van der Waals surface area contributed by atoms with Crippen molar-refractivity contribution in [3.8, 4) is 0 Å². The first-order valence-corrected chi connectivity index (χ1v) is 5.87. The second-order valence-electron chi connectivity index (χ2n) is 4.40. The number of rotatable bonds is 2. The molecular weight excluding hydrogens is 208 g/mol. The van der Waals surface area contributed by atoms with Crippen LogP contribution in [0.15, 0.2) is 24.3 Å². The Hall–Kier alpha value is -0.960. The fraction of sp³-hybridized carbons (Fsp3) is 0.538. The van der Waals surface area contributed by atoms with Gasteiger partial charge in [-0.1, -0.05) is 12.1 Å². The third-order valence-electron chi connectivity index (χ3n) is 3.20. The molecule has 2 unspecified atom stereocenters. The average molecular weight is 225 g/mol. The first-order valence-electron chi connectivity index (χ1n) is 5.87. The van der Waals surface area contributed by atoms with E-state index >= 15 is 0 Å². The molecule has 16 heavy (non-hydrogen) atoms. The molecule has 1 fully saturated rings. The van der Waals surface area contributed by atoms with Gasteiger partial charge in [-0.2, -0.15) is 0 Å². The van der Waals surface area contributed by atoms with Crippen LogP contribution >= 0.6 is 0 Å². The Labute approximate surface area is 94.9 Å². The summed E-state index contributed by atoms with van der Waals surface area (Å²) in [5.74, 6) is -0.330. The molecule has 1 aromatic carbocycles. The van der Waals surface area contributed by atoms with Crippen LogP contribution in [0.1, 0.15) is 31.0 Å². The summed E-state index contributed by atoms with van der Waals surface area (Å²) in [7, 11) is 0. The number of hydrogen-bond donors (Lipinski definition) is 1. The van der Waals surface area contributed by atoms with Gasteiger partial charge in [-0.05, 0) is 56.0 Å². The average Bonchev–Trinajstić information content (AvgIpc) is 2.56. The van der Waals surface area contributed by atoms with Crippen LogP contribution in [0.5, 0.6) is 0 Å². The molecule has 2 atom stereocenters. The van der Waals surface area contributed by atoms with Crippen LogP contribution in [-0.4, -0.2) is 13.1 Å². The molecule has 1 saturated heterocycles. The summed E-state index contributed by atoms with van der Waals surface area (Å²) in [5.41, 5.74) is 0.479. The SMILES string of the molecule is Fc1cccc(C(F)C2CCCNCC2)c1. The monoisotopic (exact) mass is 225 g/mol. The summed E-state index contributed by atoms with van der Waals surface area (Å²) in [6.07, 6.45) is 1.68. The Morgan fingerprint density at radius 2 is 2.12 bits per heavy atom. The third-order valence-corrected chi connectivity index (χ3v) is 3.20. The smallest absolute Gasteiger partial charge is 0.128 e. The molecule has 0 aromatic heterocycles. The minimum absolute atomic E-state index is 0.0248. The molecule has 0 spiro atoms. The Balaban J connectivity index is 2.07. The maximum atomic E-state index is 14.2. The fourth-order valence-corrected chi connectivity index (χ4v) is 2.29. The van der Waals surface area contributed by atoms with E-state index in [2.05, 4.69) is 5.32 Å². The van der Waals surface area contributed by atoms with Crippen LogP contribution in [0.2, 0.25) is 0 Å². The molecule has 1 aliphatic heterocycles. The number of hydrogen-bond acceptors (Lipinski definition) is 1. The van der Waals surface area contributed by atoms with Gasteiger partial charge in [0.05, 0.1) is 0 Å². The van der Waals surface area contributed by atoms with Crippen molar-refractivity contribution >= 4 is 0 Å². The first kappa shape index (κ1) is 11.5. The normalized spacial score (nSPS) is 23.8. The zero-order valence-corrected chi connectivity index (χ0v) is 9.26. The van der Waals surface area contributed by atoms with Gasteiger partial charge in [0, 0.05) is 0 Å². The Kier molecular flexibility index (Phi) is 3.88. The van der Waals surface area contributed by atoms with Crippen molar-refractivity contribution < 1.29 is 8.78 Å². The van der Waals surface area contributed by atoms with Crippen molar-refractivity contribution in [2.24, 2.45) is 5.92 Å². The predicted octanol–water partition coefficient (Wildman–Crippen LogP) is 3.23. The molecular formula is C13H17F2N. The highest BCUT2D eigenvalue weighted by Gasteiger charge is 2.23. The molecule has 1 aromatic rings. The van der Waals surface area contributed by atoms with Gasteiger partial charge in [0.1, 0.15) is 12.0 Å². The van der Waals surface area contributed by atoms with E-state index < -0.39 is 6.17 Å². The molecule has 1 heterocycles. The molecule has 0 bridgehead atoms. The Morgan fingerprint density at radius 1 is 1.25 bits per heavy atom. The van der Waals surface area contributed by atoms with Crippen molar-refractivity contribution in [3.63, 3.8) is 0 Å². The molecule has 0 amide bonds. The summed E-state index contributed by atoms with van der Waals surface area (Å²) in [4.78, 5) is 0. The lowest BCUT2D eigenvalue weighted by Gasteiger charge is -2.19. The third kappa shape index (κ3) is 2.79. The molecule has 2 rings (SSSR count). The molecule has 1 N–H and O–H groups in total. The summed E-state index contributed by atoms with van der Waals surface area (Å²) in [6.45, 7) is 1.83. The lowest BCUT2D eigenvalue weighted by molar-refractivity contribution is 0.214. The standard InChI is InChI=1S/C13H17F2N/c14-12-5-1-3-11(9-12)13(15)10-4-2-7-16-8-6-10/h1,3,5,9-10,13,16H,2,4,6-8H2. The zero-order valence-electron chi connectivity index (χ0n) is 9.26. The van der Waals surface area contributed by atoms with Crippen LogP contribution in [0, 0.1) is 11.7 Å². The highest BCUT2D eigenvalue weighted by molar-refractivity contribution is 5.19. The number of benzene rings is 1. The van der Waals surface area contributed by atoms with Crippen LogP contribution in [0.4, 0.5) is 8.78 Å². The minimum Gasteiger partial charge on any atom is -0.317 e. The van der Waals surface area contributed by atoms with E-state index in [1.807, 2.05) is 0 Å². The van der Waals surface area contributed by atoms with Gasteiger partial charge in [-0.25, -0.2) is 8.78 Å². The zero-order chi connectivity index (χ0) is 11.4. The van der Waals surface area contributed by atoms with Crippen LogP contribution in [-0.2, 0) is 0 Å². The van der Waals surface area contributed by atoms with E-state index in [1.54, 1.807) is 12.1 Å². The van der Waals surface area contributed by atoms with E-state index in [4.69, 9.17) is 0 Å². The van der Waals surface area contributed by atoms with Crippen LogP contribution < -0.4 is 5.32 Å². The van der Waals surface area contributed by atoms with Gasteiger partial charge in [-0.3, -0.25) is 0 Å². The topological polar surface area (TPSA) is 12.0 Å².